The van der Waals surface area contributed by atoms with Gasteiger partial charge in [-0.25, -0.2) is 0 Å². The number of hydrogen-bond acceptors (Lipinski definition) is 7. The summed E-state index contributed by atoms with van der Waals surface area (Å²) in [5.41, 5.74) is 2.21. The third-order valence-electron chi connectivity index (χ3n) is 4.88. The number of fused-ring (bicyclic) bond motifs is 1. The average Bonchev–Trinajstić information content (AvgIpc) is 3.26. The molecule has 0 bridgehead atoms. The number of aryl methyl sites for hydroxylation is 1. The summed E-state index contributed by atoms with van der Waals surface area (Å²) in [6.07, 6.45) is -1.84. The molecule has 1 unspecified atom stereocenters. The van der Waals surface area contributed by atoms with E-state index in [-0.39, 0.29) is 6.61 Å². The van der Waals surface area contributed by atoms with E-state index in [1.165, 1.54) is 16.9 Å². The first-order chi connectivity index (χ1) is 13.7. The molecule has 8 heteroatoms. The average molecular weight is 402 g/mol. The Kier molecular flexibility index (Phi) is 6.37. The Morgan fingerprint density at radius 1 is 1.07 bits per heavy atom. The normalized spacial score (nSPS) is 26.6. The van der Waals surface area contributed by atoms with Gasteiger partial charge in [0, 0.05) is 16.9 Å². The summed E-state index contributed by atoms with van der Waals surface area (Å²) in [7, 11) is 0.737. The van der Waals surface area contributed by atoms with E-state index in [0.717, 1.165) is 11.1 Å². The number of rotatable bonds is 7. The first-order valence-corrected chi connectivity index (χ1v) is 10.0. The van der Waals surface area contributed by atoms with Crippen molar-refractivity contribution in [2.24, 2.45) is 0 Å². The number of aliphatic hydroxyl groups is 1. The molecule has 2 aliphatic heterocycles. The number of methoxy groups -OCH3 is 1. The third kappa shape index (κ3) is 4.28. The van der Waals surface area contributed by atoms with Crippen LogP contribution in [-0.4, -0.2) is 50.7 Å². The van der Waals surface area contributed by atoms with Gasteiger partial charge in [-0.3, -0.25) is 0 Å². The lowest BCUT2D eigenvalue weighted by molar-refractivity contribution is -0.155. The number of aliphatic hydroxyl groups excluding tert-OH is 1. The van der Waals surface area contributed by atoms with Crippen LogP contribution in [0.5, 0.6) is 0 Å². The van der Waals surface area contributed by atoms with Crippen molar-refractivity contribution in [1.82, 2.24) is 0 Å². The SMILES string of the molecule is CO[C@@H]1O[C@H](CO)C2OB(OCc3ccc(Sc4ccccc4)cc3C)O[C@@H]21. The summed E-state index contributed by atoms with van der Waals surface area (Å²) >= 11 is 1.73. The van der Waals surface area contributed by atoms with Gasteiger partial charge in [-0.05, 0) is 42.3 Å². The maximum atomic E-state index is 9.43. The highest BCUT2D eigenvalue weighted by atomic mass is 32.2. The van der Waals surface area contributed by atoms with E-state index >= 15 is 0 Å². The quantitative estimate of drug-likeness (QED) is 0.715. The van der Waals surface area contributed by atoms with E-state index in [1.807, 2.05) is 18.2 Å². The molecule has 148 valence electrons. The highest BCUT2D eigenvalue weighted by Gasteiger charge is 2.55. The highest BCUT2D eigenvalue weighted by Crippen LogP contribution is 2.34. The van der Waals surface area contributed by atoms with Gasteiger partial charge in [0.15, 0.2) is 6.29 Å². The molecule has 4 rings (SSSR count). The summed E-state index contributed by atoms with van der Waals surface area (Å²) in [6, 6.07) is 16.6. The van der Waals surface area contributed by atoms with Crippen LogP contribution in [-0.2, 0) is 30.0 Å². The first kappa shape index (κ1) is 19.9. The maximum absolute atomic E-state index is 9.43. The zero-order chi connectivity index (χ0) is 19.5. The minimum atomic E-state index is -0.802. The maximum Gasteiger partial charge on any atom is 0.640 e. The lowest BCUT2D eigenvalue weighted by atomic mass is 10.1. The van der Waals surface area contributed by atoms with Gasteiger partial charge >= 0.3 is 7.32 Å². The Morgan fingerprint density at radius 3 is 2.57 bits per heavy atom. The molecule has 2 aromatic carbocycles. The molecule has 28 heavy (non-hydrogen) atoms. The van der Waals surface area contributed by atoms with Crippen molar-refractivity contribution in [3.63, 3.8) is 0 Å². The monoisotopic (exact) mass is 402 g/mol. The fourth-order valence-corrected chi connectivity index (χ4v) is 4.32. The Bertz CT molecular complexity index is 774. The summed E-state index contributed by atoms with van der Waals surface area (Å²) < 4.78 is 28.1. The Balaban J connectivity index is 1.34. The summed E-state index contributed by atoms with van der Waals surface area (Å²) in [6.45, 7) is 2.28. The van der Waals surface area contributed by atoms with E-state index in [0.29, 0.717) is 6.61 Å². The predicted octanol–water partition coefficient (Wildman–Crippen LogP) is 2.80. The third-order valence-corrected chi connectivity index (χ3v) is 5.88. The standard InChI is InChI=1S/C20H23BO6S/c1-13-10-16(28-15-6-4-3-5-7-15)9-8-14(13)12-24-21-26-18-17(11-22)25-20(23-2)19(18)27-21/h3-10,17-20,22H,11-12H2,1-2H3/t17-,18?,19+,20-/m1/s1. The van der Waals surface area contributed by atoms with Crippen LogP contribution in [0.3, 0.4) is 0 Å². The lowest BCUT2D eigenvalue weighted by Crippen LogP contribution is -2.31. The summed E-state index contributed by atoms with van der Waals surface area (Å²) in [5, 5.41) is 9.43. The zero-order valence-electron chi connectivity index (χ0n) is 15.8. The van der Waals surface area contributed by atoms with Crippen LogP contribution in [0.15, 0.2) is 58.3 Å². The molecule has 1 N–H and O–H groups in total. The number of ether oxygens (including phenoxy) is 2. The molecule has 0 aromatic heterocycles. The van der Waals surface area contributed by atoms with E-state index < -0.39 is 31.9 Å². The molecule has 2 heterocycles. The van der Waals surface area contributed by atoms with E-state index in [9.17, 15) is 5.11 Å². The molecular weight excluding hydrogens is 379 g/mol. The van der Waals surface area contributed by atoms with Gasteiger partial charge < -0.3 is 28.5 Å². The van der Waals surface area contributed by atoms with Gasteiger partial charge in [0.05, 0.1) is 13.2 Å². The lowest BCUT2D eigenvalue weighted by Gasteiger charge is -2.16. The second kappa shape index (κ2) is 8.96. The zero-order valence-corrected chi connectivity index (χ0v) is 16.6. The van der Waals surface area contributed by atoms with Gasteiger partial charge in [0.25, 0.3) is 0 Å². The van der Waals surface area contributed by atoms with Gasteiger partial charge in [-0.15, -0.1) is 0 Å². The van der Waals surface area contributed by atoms with Crippen molar-refractivity contribution < 1.29 is 28.5 Å². The van der Waals surface area contributed by atoms with Gasteiger partial charge in [-0.1, -0.05) is 36.0 Å². The molecule has 2 aliphatic rings. The Labute approximate surface area is 169 Å². The number of hydrogen-bond donors (Lipinski definition) is 1. The second-order valence-electron chi connectivity index (χ2n) is 6.77. The molecule has 0 aliphatic carbocycles. The molecule has 2 fully saturated rings. The van der Waals surface area contributed by atoms with Crippen LogP contribution in [0.2, 0.25) is 0 Å². The largest absolute Gasteiger partial charge is 0.640 e. The predicted molar refractivity (Wildman–Crippen MR) is 105 cm³/mol. The number of benzene rings is 2. The molecule has 0 saturated carbocycles. The molecular formula is C20H23BO6S. The smallest absolute Gasteiger partial charge is 0.394 e. The van der Waals surface area contributed by atoms with Crippen molar-refractivity contribution in [3.05, 3.63) is 59.7 Å². The van der Waals surface area contributed by atoms with Crippen LogP contribution in [0.25, 0.3) is 0 Å². The van der Waals surface area contributed by atoms with E-state index in [4.69, 9.17) is 23.4 Å². The molecule has 2 aromatic rings. The van der Waals surface area contributed by atoms with E-state index in [2.05, 4.69) is 37.3 Å². The van der Waals surface area contributed by atoms with Gasteiger partial charge in [-0.2, -0.15) is 0 Å². The fraction of sp³-hybridized carbons (Fsp3) is 0.400. The van der Waals surface area contributed by atoms with Crippen LogP contribution in [0.1, 0.15) is 11.1 Å². The highest BCUT2D eigenvalue weighted by molar-refractivity contribution is 7.99. The van der Waals surface area contributed by atoms with Crippen molar-refractivity contribution >= 4 is 19.1 Å². The first-order valence-electron chi connectivity index (χ1n) is 9.22. The molecule has 0 radical (unpaired) electrons. The van der Waals surface area contributed by atoms with Crippen molar-refractivity contribution in [2.45, 2.75) is 47.9 Å². The fourth-order valence-electron chi connectivity index (χ4n) is 3.38. The molecule has 4 atom stereocenters. The van der Waals surface area contributed by atoms with Crippen LogP contribution < -0.4 is 0 Å². The van der Waals surface area contributed by atoms with Crippen molar-refractivity contribution in [2.75, 3.05) is 13.7 Å². The second-order valence-corrected chi connectivity index (χ2v) is 7.91. The summed E-state index contributed by atoms with van der Waals surface area (Å²) in [5.74, 6) is 0. The van der Waals surface area contributed by atoms with Gasteiger partial charge in [0.2, 0.25) is 0 Å². The minimum Gasteiger partial charge on any atom is -0.394 e. The minimum absolute atomic E-state index is 0.156. The van der Waals surface area contributed by atoms with E-state index in [1.54, 1.807) is 11.8 Å². The molecule has 0 amide bonds. The van der Waals surface area contributed by atoms with Crippen molar-refractivity contribution in [1.29, 1.82) is 0 Å². The van der Waals surface area contributed by atoms with Crippen LogP contribution in [0.4, 0.5) is 0 Å². The molecule has 0 spiro atoms. The van der Waals surface area contributed by atoms with Gasteiger partial charge in [0.1, 0.15) is 18.3 Å². The molecule has 2 saturated heterocycles. The summed E-state index contributed by atoms with van der Waals surface area (Å²) in [4.78, 5) is 2.39. The van der Waals surface area contributed by atoms with Crippen LogP contribution in [0, 0.1) is 6.92 Å². The Morgan fingerprint density at radius 2 is 1.86 bits per heavy atom. The molecule has 6 nitrogen and oxygen atoms in total. The Hall–Kier alpha value is -1.39. The van der Waals surface area contributed by atoms with Crippen molar-refractivity contribution in [3.8, 4) is 0 Å². The van der Waals surface area contributed by atoms with Crippen LogP contribution >= 0.6 is 11.8 Å². The topological polar surface area (TPSA) is 66.4 Å².